The maximum absolute atomic E-state index is 12.5. The lowest BCUT2D eigenvalue weighted by Crippen LogP contribution is -2.22. The van der Waals surface area contributed by atoms with Crippen LogP contribution >= 0.6 is 0 Å². The van der Waals surface area contributed by atoms with Gasteiger partial charge < -0.3 is 5.73 Å². The summed E-state index contributed by atoms with van der Waals surface area (Å²) in [5, 5.41) is 0. The summed E-state index contributed by atoms with van der Waals surface area (Å²) in [6.07, 6.45) is 2.36. The number of hydrogen-bond acceptors (Lipinski definition) is 1. The minimum atomic E-state index is -4.31. The van der Waals surface area contributed by atoms with Gasteiger partial charge in [-0.2, -0.15) is 13.2 Å². The molecule has 0 aromatic heterocycles. The van der Waals surface area contributed by atoms with Crippen molar-refractivity contribution in [1.82, 2.24) is 0 Å². The van der Waals surface area contributed by atoms with Gasteiger partial charge in [-0.3, -0.25) is 0 Å². The van der Waals surface area contributed by atoms with E-state index in [2.05, 4.69) is 5.92 Å². The highest BCUT2D eigenvalue weighted by Gasteiger charge is 2.30. The molecule has 0 saturated heterocycles. The number of hydrogen-bond donors (Lipinski definition) is 1. The van der Waals surface area contributed by atoms with Gasteiger partial charge in [0.2, 0.25) is 0 Å². The summed E-state index contributed by atoms with van der Waals surface area (Å²) in [7, 11) is 0. The van der Waals surface area contributed by atoms with Gasteiger partial charge in [-0.05, 0) is 24.5 Å². The van der Waals surface area contributed by atoms with Crippen molar-refractivity contribution in [2.75, 3.05) is 0 Å². The highest BCUT2D eigenvalue weighted by Crippen LogP contribution is 2.29. The third-order valence-corrected chi connectivity index (χ3v) is 2.41. The van der Waals surface area contributed by atoms with Crippen molar-refractivity contribution in [2.45, 2.75) is 31.5 Å². The van der Waals surface area contributed by atoms with Gasteiger partial charge in [-0.1, -0.05) is 18.2 Å². The van der Waals surface area contributed by atoms with Crippen LogP contribution in [0.2, 0.25) is 0 Å². The van der Waals surface area contributed by atoms with Crippen LogP contribution in [0.15, 0.2) is 24.3 Å². The number of nitrogens with two attached hydrogens (primary N) is 1. The first-order valence-corrected chi connectivity index (χ1v) is 5.28. The standard InChI is InChI=1S/C13H14F3N/c1-2-3-7-12(17)9-10-5-4-6-11(8-10)13(14,15)16/h1,4-6,8,12H,3,7,9,17H2. The number of alkyl halides is 3. The molecule has 0 spiro atoms. The molecular formula is C13H14F3N. The molecular weight excluding hydrogens is 227 g/mol. The van der Waals surface area contributed by atoms with Crippen LogP contribution in [0.3, 0.4) is 0 Å². The SMILES string of the molecule is C#CCCC(N)Cc1cccc(C(F)(F)F)c1. The van der Waals surface area contributed by atoms with Crippen LogP contribution in [0.25, 0.3) is 0 Å². The predicted octanol–water partition coefficient (Wildman–Crippen LogP) is 2.99. The maximum atomic E-state index is 12.5. The van der Waals surface area contributed by atoms with Crippen molar-refractivity contribution >= 4 is 0 Å². The number of halogens is 3. The number of rotatable bonds is 4. The molecule has 1 aromatic carbocycles. The van der Waals surface area contributed by atoms with Crippen LogP contribution in [0.5, 0.6) is 0 Å². The van der Waals surface area contributed by atoms with E-state index in [1.807, 2.05) is 0 Å². The van der Waals surface area contributed by atoms with E-state index in [4.69, 9.17) is 12.2 Å². The Hall–Kier alpha value is -1.47. The molecule has 1 unspecified atom stereocenters. The maximum Gasteiger partial charge on any atom is 0.416 e. The van der Waals surface area contributed by atoms with Gasteiger partial charge in [0.25, 0.3) is 0 Å². The van der Waals surface area contributed by atoms with Gasteiger partial charge in [-0.15, -0.1) is 12.3 Å². The Morgan fingerprint density at radius 2 is 2.06 bits per heavy atom. The van der Waals surface area contributed by atoms with E-state index in [0.29, 0.717) is 24.8 Å². The van der Waals surface area contributed by atoms with E-state index in [-0.39, 0.29) is 6.04 Å². The Morgan fingerprint density at radius 1 is 1.35 bits per heavy atom. The van der Waals surface area contributed by atoms with Crippen LogP contribution < -0.4 is 5.73 Å². The highest BCUT2D eigenvalue weighted by atomic mass is 19.4. The van der Waals surface area contributed by atoms with Gasteiger partial charge >= 0.3 is 6.18 Å². The van der Waals surface area contributed by atoms with Gasteiger partial charge in [0.05, 0.1) is 5.56 Å². The molecule has 92 valence electrons. The van der Waals surface area contributed by atoms with Crippen LogP contribution in [0, 0.1) is 12.3 Å². The second kappa shape index (κ2) is 5.74. The Labute approximate surface area is 98.8 Å². The van der Waals surface area contributed by atoms with E-state index in [0.717, 1.165) is 12.1 Å². The zero-order valence-electron chi connectivity index (χ0n) is 9.30. The fourth-order valence-electron chi connectivity index (χ4n) is 1.55. The molecule has 1 rings (SSSR count). The minimum Gasteiger partial charge on any atom is -0.327 e. The molecule has 1 aromatic rings. The van der Waals surface area contributed by atoms with E-state index in [9.17, 15) is 13.2 Å². The summed E-state index contributed by atoms with van der Waals surface area (Å²) >= 11 is 0. The predicted molar refractivity (Wildman–Crippen MR) is 61.2 cm³/mol. The summed E-state index contributed by atoms with van der Waals surface area (Å²) in [5.41, 5.74) is 5.72. The van der Waals surface area contributed by atoms with Crippen LogP contribution in [-0.4, -0.2) is 6.04 Å². The molecule has 0 aliphatic heterocycles. The lowest BCUT2D eigenvalue weighted by Gasteiger charge is -2.12. The van der Waals surface area contributed by atoms with Crippen LogP contribution in [0.1, 0.15) is 24.0 Å². The molecule has 0 radical (unpaired) electrons. The Kier molecular flexibility index (Phi) is 4.59. The van der Waals surface area contributed by atoms with E-state index < -0.39 is 11.7 Å². The number of benzene rings is 1. The largest absolute Gasteiger partial charge is 0.416 e. The normalized spacial score (nSPS) is 13.1. The summed E-state index contributed by atoms with van der Waals surface area (Å²) in [6, 6.07) is 5.03. The summed E-state index contributed by atoms with van der Waals surface area (Å²) in [6.45, 7) is 0. The van der Waals surface area contributed by atoms with Gasteiger partial charge in [0, 0.05) is 12.5 Å². The molecule has 0 aliphatic rings. The first-order valence-electron chi connectivity index (χ1n) is 5.28. The number of terminal acetylenes is 1. The van der Waals surface area contributed by atoms with Crippen molar-refractivity contribution < 1.29 is 13.2 Å². The lowest BCUT2D eigenvalue weighted by molar-refractivity contribution is -0.137. The Morgan fingerprint density at radius 3 is 2.65 bits per heavy atom. The monoisotopic (exact) mass is 241 g/mol. The van der Waals surface area contributed by atoms with Gasteiger partial charge in [0.15, 0.2) is 0 Å². The first kappa shape index (κ1) is 13.6. The van der Waals surface area contributed by atoms with Crippen LogP contribution in [0.4, 0.5) is 13.2 Å². The minimum absolute atomic E-state index is 0.200. The average molecular weight is 241 g/mol. The van der Waals surface area contributed by atoms with Gasteiger partial charge in [0.1, 0.15) is 0 Å². The van der Waals surface area contributed by atoms with Crippen molar-refractivity contribution in [3.8, 4) is 12.3 Å². The second-order valence-corrected chi connectivity index (χ2v) is 3.91. The molecule has 0 amide bonds. The van der Waals surface area contributed by atoms with Crippen LogP contribution in [-0.2, 0) is 12.6 Å². The van der Waals surface area contributed by atoms with E-state index in [1.54, 1.807) is 6.07 Å². The quantitative estimate of drug-likeness (QED) is 0.806. The molecule has 1 nitrogen and oxygen atoms in total. The lowest BCUT2D eigenvalue weighted by atomic mass is 10.0. The highest BCUT2D eigenvalue weighted by molar-refractivity contribution is 5.26. The molecule has 1 atom stereocenters. The fourth-order valence-corrected chi connectivity index (χ4v) is 1.55. The third-order valence-electron chi connectivity index (χ3n) is 2.41. The Bertz CT molecular complexity index is 404. The van der Waals surface area contributed by atoms with Crippen molar-refractivity contribution in [2.24, 2.45) is 5.73 Å². The topological polar surface area (TPSA) is 26.0 Å². The first-order chi connectivity index (χ1) is 7.93. The van der Waals surface area contributed by atoms with Crippen molar-refractivity contribution in [3.63, 3.8) is 0 Å². The third kappa shape index (κ3) is 4.49. The van der Waals surface area contributed by atoms with E-state index in [1.165, 1.54) is 6.07 Å². The molecule has 2 N–H and O–H groups in total. The molecule has 0 bridgehead atoms. The van der Waals surface area contributed by atoms with Crippen molar-refractivity contribution in [1.29, 1.82) is 0 Å². The molecule has 17 heavy (non-hydrogen) atoms. The zero-order chi connectivity index (χ0) is 12.9. The zero-order valence-corrected chi connectivity index (χ0v) is 9.30. The Balaban J connectivity index is 2.70. The smallest absolute Gasteiger partial charge is 0.327 e. The fraction of sp³-hybridized carbons (Fsp3) is 0.385. The van der Waals surface area contributed by atoms with Crippen molar-refractivity contribution in [3.05, 3.63) is 35.4 Å². The molecule has 0 fully saturated rings. The van der Waals surface area contributed by atoms with E-state index >= 15 is 0 Å². The second-order valence-electron chi connectivity index (χ2n) is 3.91. The summed E-state index contributed by atoms with van der Waals surface area (Å²) in [5.74, 6) is 2.46. The average Bonchev–Trinajstić information content (AvgIpc) is 2.25. The van der Waals surface area contributed by atoms with Gasteiger partial charge in [-0.25, -0.2) is 0 Å². The summed E-state index contributed by atoms with van der Waals surface area (Å²) < 4.78 is 37.4. The molecule has 4 heteroatoms. The molecule has 0 heterocycles. The summed E-state index contributed by atoms with van der Waals surface area (Å²) in [4.78, 5) is 0. The molecule has 0 saturated carbocycles. The molecule has 0 aliphatic carbocycles.